The van der Waals surface area contributed by atoms with E-state index in [0.29, 0.717) is 11.0 Å². The summed E-state index contributed by atoms with van der Waals surface area (Å²) in [6.07, 6.45) is 1.99. The SMILES string of the molecule is O=C1C=CC(=O)N1c1ccc(F)cc1[N+](=O)[O-]. The van der Waals surface area contributed by atoms with Crippen molar-refractivity contribution < 1.29 is 18.9 Å². The lowest BCUT2D eigenvalue weighted by atomic mass is 10.2. The van der Waals surface area contributed by atoms with Crippen LogP contribution >= 0.6 is 0 Å². The Morgan fingerprint density at radius 3 is 2.29 bits per heavy atom. The van der Waals surface area contributed by atoms with Crippen LogP contribution in [0.5, 0.6) is 0 Å². The first kappa shape index (κ1) is 10.9. The molecule has 86 valence electrons. The molecule has 0 fully saturated rings. The first-order valence-electron chi connectivity index (χ1n) is 4.51. The van der Waals surface area contributed by atoms with Crippen LogP contribution in [0, 0.1) is 15.9 Å². The van der Waals surface area contributed by atoms with Gasteiger partial charge >= 0.3 is 0 Å². The number of anilines is 1. The summed E-state index contributed by atoms with van der Waals surface area (Å²) in [4.78, 5) is 33.2. The molecule has 0 aliphatic carbocycles. The van der Waals surface area contributed by atoms with E-state index in [9.17, 15) is 24.1 Å². The van der Waals surface area contributed by atoms with Crippen LogP contribution < -0.4 is 4.90 Å². The standard InChI is InChI=1S/C10H5FN2O4/c11-6-1-2-7(8(5-6)13(16)17)12-9(14)3-4-10(12)15/h1-5H. The minimum Gasteiger partial charge on any atom is -0.269 e. The quantitative estimate of drug-likeness (QED) is 0.438. The summed E-state index contributed by atoms with van der Waals surface area (Å²) in [5, 5.41) is 10.7. The van der Waals surface area contributed by atoms with E-state index < -0.39 is 28.2 Å². The van der Waals surface area contributed by atoms with Gasteiger partial charge in [-0.05, 0) is 12.1 Å². The number of hydrogen-bond donors (Lipinski definition) is 0. The van der Waals surface area contributed by atoms with E-state index in [1.807, 2.05) is 0 Å². The fraction of sp³-hybridized carbons (Fsp3) is 0. The average molecular weight is 236 g/mol. The first-order chi connectivity index (χ1) is 8.00. The molecule has 1 aromatic carbocycles. The molecule has 0 atom stereocenters. The van der Waals surface area contributed by atoms with E-state index in [4.69, 9.17) is 0 Å². The highest BCUT2D eigenvalue weighted by molar-refractivity contribution is 6.28. The van der Waals surface area contributed by atoms with E-state index in [2.05, 4.69) is 0 Å². The molecular formula is C10H5FN2O4. The smallest absolute Gasteiger partial charge is 0.269 e. The number of imide groups is 1. The van der Waals surface area contributed by atoms with Gasteiger partial charge < -0.3 is 0 Å². The van der Waals surface area contributed by atoms with Gasteiger partial charge in [0.1, 0.15) is 11.5 Å². The number of carbonyl (C=O) groups is 2. The second kappa shape index (κ2) is 3.78. The van der Waals surface area contributed by atoms with E-state index in [-0.39, 0.29) is 5.69 Å². The van der Waals surface area contributed by atoms with Gasteiger partial charge in [0.25, 0.3) is 17.5 Å². The summed E-state index contributed by atoms with van der Waals surface area (Å²) in [5.41, 5.74) is -0.869. The second-order valence-electron chi connectivity index (χ2n) is 3.24. The summed E-state index contributed by atoms with van der Waals surface area (Å²) in [7, 11) is 0. The molecule has 0 saturated heterocycles. The molecule has 0 N–H and O–H groups in total. The normalized spacial score (nSPS) is 14.5. The molecule has 7 heteroatoms. The van der Waals surface area contributed by atoms with Crippen molar-refractivity contribution in [2.24, 2.45) is 0 Å². The molecule has 2 amide bonds. The number of carbonyl (C=O) groups excluding carboxylic acids is 2. The summed E-state index contributed by atoms with van der Waals surface area (Å²) in [5.74, 6) is -2.19. The number of hydrogen-bond acceptors (Lipinski definition) is 4. The van der Waals surface area contributed by atoms with Gasteiger partial charge in [0.15, 0.2) is 0 Å². The Morgan fingerprint density at radius 2 is 1.76 bits per heavy atom. The molecule has 1 aliphatic rings. The summed E-state index contributed by atoms with van der Waals surface area (Å²) < 4.78 is 12.9. The van der Waals surface area contributed by atoms with Crippen molar-refractivity contribution in [1.82, 2.24) is 0 Å². The highest BCUT2D eigenvalue weighted by Gasteiger charge is 2.31. The Kier molecular flexibility index (Phi) is 2.43. The molecule has 1 aromatic rings. The van der Waals surface area contributed by atoms with Crippen LogP contribution in [0.15, 0.2) is 30.4 Å². The first-order valence-corrected chi connectivity index (χ1v) is 4.51. The van der Waals surface area contributed by atoms with Crippen LogP contribution in [0.2, 0.25) is 0 Å². The molecule has 0 spiro atoms. The van der Waals surface area contributed by atoms with Crippen molar-refractivity contribution in [3.63, 3.8) is 0 Å². The number of nitro benzene ring substituents is 1. The maximum absolute atomic E-state index is 12.9. The van der Waals surface area contributed by atoms with Crippen LogP contribution in [0.1, 0.15) is 0 Å². The van der Waals surface area contributed by atoms with E-state index in [1.54, 1.807) is 0 Å². The fourth-order valence-corrected chi connectivity index (χ4v) is 1.47. The highest BCUT2D eigenvalue weighted by Crippen LogP contribution is 2.30. The van der Waals surface area contributed by atoms with Crippen LogP contribution in [0.25, 0.3) is 0 Å². The van der Waals surface area contributed by atoms with Crippen LogP contribution in [-0.2, 0) is 9.59 Å². The predicted octanol–water partition coefficient (Wildman–Crippen LogP) is 1.16. The Morgan fingerprint density at radius 1 is 1.18 bits per heavy atom. The van der Waals surface area contributed by atoms with Gasteiger partial charge in [-0.15, -0.1) is 0 Å². The molecule has 2 rings (SSSR count). The van der Waals surface area contributed by atoms with Crippen molar-refractivity contribution >= 4 is 23.2 Å². The van der Waals surface area contributed by atoms with Crippen molar-refractivity contribution in [2.45, 2.75) is 0 Å². The molecular weight excluding hydrogens is 231 g/mol. The van der Waals surface area contributed by atoms with Gasteiger partial charge in [-0.2, -0.15) is 0 Å². The van der Waals surface area contributed by atoms with Crippen molar-refractivity contribution in [2.75, 3.05) is 4.90 Å². The third-order valence-electron chi connectivity index (χ3n) is 2.18. The van der Waals surface area contributed by atoms with Gasteiger partial charge in [0.05, 0.1) is 11.0 Å². The van der Waals surface area contributed by atoms with Crippen LogP contribution in [-0.4, -0.2) is 16.7 Å². The number of halogens is 1. The topological polar surface area (TPSA) is 80.5 Å². The number of nitrogens with zero attached hydrogens (tertiary/aromatic N) is 2. The molecule has 0 unspecified atom stereocenters. The lowest BCUT2D eigenvalue weighted by Gasteiger charge is -2.13. The molecule has 1 heterocycles. The molecule has 17 heavy (non-hydrogen) atoms. The zero-order valence-corrected chi connectivity index (χ0v) is 8.29. The van der Waals surface area contributed by atoms with Gasteiger partial charge in [-0.25, -0.2) is 9.29 Å². The summed E-state index contributed by atoms with van der Waals surface area (Å²) >= 11 is 0. The summed E-state index contributed by atoms with van der Waals surface area (Å²) in [6.45, 7) is 0. The molecule has 0 bridgehead atoms. The Labute approximate surface area is 94.1 Å². The number of benzene rings is 1. The van der Waals surface area contributed by atoms with Gasteiger partial charge in [0.2, 0.25) is 0 Å². The maximum Gasteiger partial charge on any atom is 0.296 e. The minimum atomic E-state index is -0.850. The van der Waals surface area contributed by atoms with Crippen molar-refractivity contribution in [3.05, 3.63) is 46.3 Å². The average Bonchev–Trinajstić information content (AvgIpc) is 2.59. The maximum atomic E-state index is 12.9. The molecule has 0 radical (unpaired) electrons. The molecule has 1 aliphatic heterocycles. The van der Waals surface area contributed by atoms with E-state index in [0.717, 1.165) is 24.3 Å². The lowest BCUT2D eigenvalue weighted by Crippen LogP contribution is -2.30. The number of amides is 2. The van der Waals surface area contributed by atoms with Gasteiger partial charge in [-0.3, -0.25) is 19.7 Å². The predicted molar refractivity (Wildman–Crippen MR) is 54.7 cm³/mol. The minimum absolute atomic E-state index is 0.239. The lowest BCUT2D eigenvalue weighted by molar-refractivity contribution is -0.384. The van der Waals surface area contributed by atoms with Gasteiger partial charge in [0, 0.05) is 12.2 Å². The monoisotopic (exact) mass is 236 g/mol. The number of nitro groups is 1. The second-order valence-corrected chi connectivity index (χ2v) is 3.24. The van der Waals surface area contributed by atoms with E-state index >= 15 is 0 Å². The third kappa shape index (κ3) is 1.78. The largest absolute Gasteiger partial charge is 0.296 e. The Bertz CT molecular complexity index is 549. The van der Waals surface area contributed by atoms with Gasteiger partial charge in [-0.1, -0.05) is 0 Å². The molecule has 6 nitrogen and oxygen atoms in total. The molecule has 0 aromatic heterocycles. The van der Waals surface area contributed by atoms with Crippen LogP contribution in [0.4, 0.5) is 15.8 Å². The Hall–Kier alpha value is -2.57. The Balaban J connectivity index is 2.56. The number of rotatable bonds is 2. The van der Waals surface area contributed by atoms with Crippen LogP contribution in [0.3, 0.4) is 0 Å². The zero-order chi connectivity index (χ0) is 12.6. The summed E-state index contributed by atoms with van der Waals surface area (Å²) in [6, 6.07) is 2.63. The van der Waals surface area contributed by atoms with Crippen molar-refractivity contribution in [3.8, 4) is 0 Å². The molecule has 0 saturated carbocycles. The highest BCUT2D eigenvalue weighted by atomic mass is 19.1. The van der Waals surface area contributed by atoms with E-state index in [1.165, 1.54) is 0 Å². The third-order valence-corrected chi connectivity index (χ3v) is 2.18. The van der Waals surface area contributed by atoms with Crippen molar-refractivity contribution in [1.29, 1.82) is 0 Å². The fourth-order valence-electron chi connectivity index (χ4n) is 1.47. The zero-order valence-electron chi connectivity index (χ0n) is 8.29.